The Morgan fingerprint density at radius 1 is 1.13 bits per heavy atom. The van der Waals surface area contributed by atoms with Crippen LogP contribution in [0.5, 0.6) is 0 Å². The van der Waals surface area contributed by atoms with Gasteiger partial charge in [0.2, 0.25) is 5.91 Å². The van der Waals surface area contributed by atoms with Gasteiger partial charge >= 0.3 is 0 Å². The third-order valence-electron chi connectivity index (χ3n) is 2.99. The molecule has 0 saturated carbocycles. The second-order valence-electron chi connectivity index (χ2n) is 4.76. The lowest BCUT2D eigenvalue weighted by Crippen LogP contribution is -2.32. The molecule has 0 saturated heterocycles. The van der Waals surface area contributed by atoms with E-state index in [9.17, 15) is 4.79 Å². The molecular weight excluding hydrogens is 351 g/mol. The van der Waals surface area contributed by atoms with E-state index in [0.717, 1.165) is 11.1 Å². The number of benzene rings is 2. The van der Waals surface area contributed by atoms with E-state index in [1.807, 2.05) is 37.3 Å². The molecule has 23 heavy (non-hydrogen) atoms. The molecule has 0 bridgehead atoms. The predicted molar refractivity (Wildman–Crippen MR) is 101 cm³/mol. The van der Waals surface area contributed by atoms with Crippen molar-refractivity contribution in [3.63, 3.8) is 0 Å². The van der Waals surface area contributed by atoms with E-state index in [2.05, 4.69) is 10.6 Å². The fourth-order valence-corrected chi connectivity index (χ4v) is 2.36. The van der Waals surface area contributed by atoms with Gasteiger partial charge in [-0.15, -0.1) is 0 Å². The monoisotopic (exact) mass is 364 g/mol. The SMILES string of the molecule is Cc1ccc(NC(=S)NC(=O)/C=C/c2ccccc2Cl)cc1Cl. The predicted octanol–water partition coefficient (Wildman–Crippen LogP) is 4.83. The lowest BCUT2D eigenvalue weighted by molar-refractivity contribution is -0.115. The molecule has 1 amide bonds. The Labute approximate surface area is 150 Å². The molecule has 2 aromatic rings. The lowest BCUT2D eigenvalue weighted by atomic mass is 10.2. The number of rotatable bonds is 3. The third-order valence-corrected chi connectivity index (χ3v) is 3.94. The third kappa shape index (κ3) is 5.36. The van der Waals surface area contributed by atoms with Crippen LogP contribution in [0.25, 0.3) is 6.08 Å². The van der Waals surface area contributed by atoms with Gasteiger partial charge in [-0.2, -0.15) is 0 Å². The van der Waals surface area contributed by atoms with Crippen LogP contribution in [0.4, 0.5) is 5.69 Å². The van der Waals surface area contributed by atoms with Crippen LogP contribution in [0.2, 0.25) is 10.0 Å². The maximum absolute atomic E-state index is 11.9. The second kappa shape index (κ2) is 8.11. The van der Waals surface area contributed by atoms with E-state index < -0.39 is 0 Å². The minimum absolute atomic E-state index is 0.193. The number of hydrogen-bond donors (Lipinski definition) is 2. The molecule has 0 aromatic heterocycles. The van der Waals surface area contributed by atoms with Gasteiger partial charge in [0.15, 0.2) is 5.11 Å². The lowest BCUT2D eigenvalue weighted by Gasteiger charge is -2.09. The fourth-order valence-electron chi connectivity index (χ4n) is 1.76. The molecule has 0 unspecified atom stereocenters. The number of anilines is 1. The Hall–Kier alpha value is -1.88. The number of amides is 1. The average molecular weight is 365 g/mol. The minimum atomic E-state index is -0.347. The molecule has 0 atom stereocenters. The highest BCUT2D eigenvalue weighted by atomic mass is 35.5. The van der Waals surface area contributed by atoms with Gasteiger partial charge < -0.3 is 5.32 Å². The molecular formula is C17H14Cl2N2OS. The summed E-state index contributed by atoms with van der Waals surface area (Å²) in [6.07, 6.45) is 3.00. The molecule has 0 radical (unpaired) electrons. The maximum Gasteiger partial charge on any atom is 0.250 e. The highest BCUT2D eigenvalue weighted by Gasteiger charge is 2.03. The van der Waals surface area contributed by atoms with Gasteiger partial charge in [-0.25, -0.2) is 0 Å². The molecule has 0 fully saturated rings. The van der Waals surface area contributed by atoms with Crippen molar-refractivity contribution < 1.29 is 4.79 Å². The van der Waals surface area contributed by atoms with Gasteiger partial charge in [-0.3, -0.25) is 10.1 Å². The standard InChI is InChI=1S/C17H14Cl2N2OS/c1-11-6-8-13(10-15(11)19)20-17(23)21-16(22)9-7-12-4-2-3-5-14(12)18/h2-10H,1H3,(H2,20,21,22,23)/b9-7+. The zero-order valence-electron chi connectivity index (χ0n) is 12.3. The minimum Gasteiger partial charge on any atom is -0.332 e. The second-order valence-corrected chi connectivity index (χ2v) is 5.98. The van der Waals surface area contributed by atoms with E-state index >= 15 is 0 Å². The topological polar surface area (TPSA) is 41.1 Å². The normalized spacial score (nSPS) is 10.6. The Morgan fingerprint density at radius 3 is 2.57 bits per heavy atom. The zero-order chi connectivity index (χ0) is 16.8. The Kier molecular flexibility index (Phi) is 6.16. The molecule has 0 aliphatic rings. The van der Waals surface area contributed by atoms with Crippen LogP contribution in [0.1, 0.15) is 11.1 Å². The first-order chi connectivity index (χ1) is 11.0. The highest BCUT2D eigenvalue weighted by molar-refractivity contribution is 7.80. The molecule has 6 heteroatoms. The van der Waals surface area contributed by atoms with Crippen molar-refractivity contribution in [1.82, 2.24) is 5.32 Å². The Balaban J connectivity index is 1.93. The number of carbonyl (C=O) groups excluding carboxylic acids is 1. The van der Waals surface area contributed by atoms with E-state index in [-0.39, 0.29) is 11.0 Å². The number of hydrogen-bond acceptors (Lipinski definition) is 2. The highest BCUT2D eigenvalue weighted by Crippen LogP contribution is 2.20. The summed E-state index contributed by atoms with van der Waals surface area (Å²) >= 11 is 17.2. The first kappa shape index (κ1) is 17.5. The number of halogens is 2. The van der Waals surface area contributed by atoms with Gasteiger partial charge in [-0.05, 0) is 54.5 Å². The summed E-state index contributed by atoms with van der Waals surface area (Å²) in [6.45, 7) is 1.91. The van der Waals surface area contributed by atoms with Crippen molar-refractivity contribution in [3.05, 3.63) is 69.7 Å². The summed E-state index contributed by atoms with van der Waals surface area (Å²) < 4.78 is 0. The van der Waals surface area contributed by atoms with Crippen LogP contribution in [0.15, 0.2) is 48.5 Å². The van der Waals surface area contributed by atoms with Crippen molar-refractivity contribution in [2.45, 2.75) is 6.92 Å². The van der Waals surface area contributed by atoms with Crippen molar-refractivity contribution in [2.24, 2.45) is 0 Å². The molecule has 0 heterocycles. The van der Waals surface area contributed by atoms with Gasteiger partial charge in [0.1, 0.15) is 0 Å². The van der Waals surface area contributed by atoms with Crippen LogP contribution in [0.3, 0.4) is 0 Å². The molecule has 3 nitrogen and oxygen atoms in total. The molecule has 0 spiro atoms. The number of thiocarbonyl (C=S) groups is 1. The molecule has 2 rings (SSSR count). The Bertz CT molecular complexity index is 775. The van der Waals surface area contributed by atoms with Crippen LogP contribution < -0.4 is 10.6 Å². The van der Waals surface area contributed by atoms with Crippen molar-refractivity contribution in [3.8, 4) is 0 Å². The van der Waals surface area contributed by atoms with E-state index in [0.29, 0.717) is 15.7 Å². The van der Waals surface area contributed by atoms with Gasteiger partial charge in [0, 0.05) is 21.8 Å². The smallest absolute Gasteiger partial charge is 0.250 e. The molecule has 118 valence electrons. The van der Waals surface area contributed by atoms with Crippen molar-refractivity contribution >= 4 is 58.2 Å². The largest absolute Gasteiger partial charge is 0.332 e. The van der Waals surface area contributed by atoms with Crippen molar-refractivity contribution in [1.29, 1.82) is 0 Å². The summed E-state index contributed by atoms with van der Waals surface area (Å²) in [5.74, 6) is -0.347. The molecule has 0 aliphatic heterocycles. The number of nitrogens with one attached hydrogen (secondary N) is 2. The van der Waals surface area contributed by atoms with E-state index in [1.54, 1.807) is 18.2 Å². The van der Waals surface area contributed by atoms with Crippen LogP contribution in [0, 0.1) is 6.92 Å². The first-order valence-corrected chi connectivity index (χ1v) is 7.93. The molecule has 2 aromatic carbocycles. The summed E-state index contributed by atoms with van der Waals surface area (Å²) in [7, 11) is 0. The van der Waals surface area contributed by atoms with E-state index in [4.69, 9.17) is 35.4 Å². The van der Waals surface area contributed by atoms with Gasteiger partial charge in [0.25, 0.3) is 0 Å². The Morgan fingerprint density at radius 2 is 1.87 bits per heavy atom. The fraction of sp³-hybridized carbons (Fsp3) is 0.0588. The quantitative estimate of drug-likeness (QED) is 0.605. The summed E-state index contributed by atoms with van der Waals surface area (Å²) in [5, 5.41) is 6.86. The van der Waals surface area contributed by atoms with Gasteiger partial charge in [0.05, 0.1) is 0 Å². The van der Waals surface area contributed by atoms with E-state index in [1.165, 1.54) is 6.08 Å². The van der Waals surface area contributed by atoms with Crippen LogP contribution >= 0.6 is 35.4 Å². The summed E-state index contributed by atoms with van der Waals surface area (Å²) in [5.41, 5.74) is 2.43. The van der Waals surface area contributed by atoms with Crippen LogP contribution in [-0.2, 0) is 4.79 Å². The summed E-state index contributed by atoms with van der Waals surface area (Å²) in [4.78, 5) is 11.9. The first-order valence-electron chi connectivity index (χ1n) is 6.76. The average Bonchev–Trinajstić information content (AvgIpc) is 2.50. The molecule has 0 aliphatic carbocycles. The summed E-state index contributed by atoms with van der Waals surface area (Å²) in [6, 6.07) is 12.7. The van der Waals surface area contributed by atoms with Gasteiger partial charge in [-0.1, -0.05) is 47.5 Å². The number of carbonyl (C=O) groups is 1. The maximum atomic E-state index is 11.9. The zero-order valence-corrected chi connectivity index (χ0v) is 14.6. The van der Waals surface area contributed by atoms with Crippen molar-refractivity contribution in [2.75, 3.05) is 5.32 Å². The number of aryl methyl sites for hydroxylation is 1. The van der Waals surface area contributed by atoms with Crippen LogP contribution in [-0.4, -0.2) is 11.0 Å². The molecule has 2 N–H and O–H groups in total.